The number of carbonyl (C=O) groups is 1. The average molecular weight is 180 g/mol. The van der Waals surface area contributed by atoms with Gasteiger partial charge in [0.1, 0.15) is 0 Å². The van der Waals surface area contributed by atoms with Crippen LogP contribution in [0.2, 0.25) is 0 Å². The third-order valence-electron chi connectivity index (χ3n) is 3.30. The monoisotopic (exact) mass is 180 g/mol. The first-order valence-corrected chi connectivity index (χ1v) is 5.07. The van der Waals surface area contributed by atoms with E-state index >= 15 is 0 Å². The summed E-state index contributed by atoms with van der Waals surface area (Å²) in [5.41, 5.74) is 0. The van der Waals surface area contributed by atoms with E-state index in [9.17, 15) is 4.79 Å². The number of rotatable bonds is 1. The molecular formula is C11H16O2. The lowest BCUT2D eigenvalue weighted by atomic mass is 10.1. The van der Waals surface area contributed by atoms with Crippen LogP contribution in [0.25, 0.3) is 0 Å². The zero-order valence-corrected chi connectivity index (χ0v) is 8.03. The minimum absolute atomic E-state index is 0.0110. The predicted octanol–water partition coefficient (Wildman–Crippen LogP) is 2.15. The van der Waals surface area contributed by atoms with Gasteiger partial charge < -0.3 is 4.74 Å². The SMILES string of the molecule is COC(=O)C1[C@H]2CCC=CCC[C@@H]12. The Morgan fingerprint density at radius 3 is 2.23 bits per heavy atom. The number of hydrogen-bond acceptors (Lipinski definition) is 2. The van der Waals surface area contributed by atoms with Crippen LogP contribution in [0.5, 0.6) is 0 Å². The molecule has 2 aliphatic carbocycles. The average Bonchev–Trinajstić information content (AvgIpc) is 2.75. The van der Waals surface area contributed by atoms with Crippen LogP contribution in [0.4, 0.5) is 0 Å². The molecule has 1 saturated carbocycles. The van der Waals surface area contributed by atoms with Crippen LogP contribution in [-0.2, 0) is 9.53 Å². The molecule has 0 aromatic carbocycles. The summed E-state index contributed by atoms with van der Waals surface area (Å²) in [4.78, 5) is 11.3. The largest absolute Gasteiger partial charge is 0.469 e. The van der Waals surface area contributed by atoms with Crippen molar-refractivity contribution in [1.29, 1.82) is 0 Å². The second-order valence-electron chi connectivity index (χ2n) is 4.00. The van der Waals surface area contributed by atoms with Crippen LogP contribution in [0, 0.1) is 17.8 Å². The highest BCUT2D eigenvalue weighted by Gasteiger charge is 2.53. The lowest BCUT2D eigenvalue weighted by molar-refractivity contribution is -0.142. The van der Waals surface area contributed by atoms with Crippen molar-refractivity contribution in [3.63, 3.8) is 0 Å². The third kappa shape index (κ3) is 1.62. The van der Waals surface area contributed by atoms with Gasteiger partial charge in [-0.1, -0.05) is 12.2 Å². The van der Waals surface area contributed by atoms with Crippen molar-refractivity contribution in [2.24, 2.45) is 17.8 Å². The van der Waals surface area contributed by atoms with Crippen LogP contribution >= 0.6 is 0 Å². The summed E-state index contributed by atoms with van der Waals surface area (Å²) in [6.07, 6.45) is 9.08. The van der Waals surface area contributed by atoms with Crippen molar-refractivity contribution in [1.82, 2.24) is 0 Å². The topological polar surface area (TPSA) is 26.3 Å². The van der Waals surface area contributed by atoms with E-state index in [1.165, 1.54) is 20.0 Å². The summed E-state index contributed by atoms with van der Waals surface area (Å²) in [6.45, 7) is 0. The fourth-order valence-electron chi connectivity index (χ4n) is 2.53. The zero-order chi connectivity index (χ0) is 9.26. The van der Waals surface area contributed by atoms with Gasteiger partial charge in [0.2, 0.25) is 0 Å². The summed E-state index contributed by atoms with van der Waals surface area (Å²) in [6, 6.07) is 0. The van der Waals surface area contributed by atoms with Gasteiger partial charge in [0.25, 0.3) is 0 Å². The van der Waals surface area contributed by atoms with Crippen LogP contribution in [-0.4, -0.2) is 13.1 Å². The van der Waals surface area contributed by atoms with Crippen LogP contribution in [0.1, 0.15) is 25.7 Å². The number of allylic oxidation sites excluding steroid dienone is 2. The molecule has 0 N–H and O–H groups in total. The molecule has 2 heteroatoms. The predicted molar refractivity (Wildman–Crippen MR) is 50.1 cm³/mol. The number of esters is 1. The summed E-state index contributed by atoms with van der Waals surface area (Å²) in [5.74, 6) is 1.48. The molecule has 0 bridgehead atoms. The second kappa shape index (κ2) is 3.52. The molecule has 0 aliphatic heterocycles. The van der Waals surface area contributed by atoms with Crippen molar-refractivity contribution < 1.29 is 9.53 Å². The molecule has 13 heavy (non-hydrogen) atoms. The molecule has 0 aromatic rings. The first-order chi connectivity index (χ1) is 6.34. The van der Waals surface area contributed by atoms with E-state index in [0.717, 1.165) is 12.8 Å². The fraction of sp³-hybridized carbons (Fsp3) is 0.727. The molecule has 3 atom stereocenters. The van der Waals surface area contributed by atoms with Crippen molar-refractivity contribution in [3.8, 4) is 0 Å². The molecule has 0 heterocycles. The van der Waals surface area contributed by atoms with Gasteiger partial charge in [-0.15, -0.1) is 0 Å². The number of ether oxygens (including phenoxy) is 1. The molecule has 0 amide bonds. The fourth-order valence-corrected chi connectivity index (χ4v) is 2.53. The van der Waals surface area contributed by atoms with Crippen LogP contribution in [0.15, 0.2) is 12.2 Å². The van der Waals surface area contributed by atoms with Gasteiger partial charge in [-0.25, -0.2) is 0 Å². The molecule has 0 spiro atoms. The lowest BCUT2D eigenvalue weighted by Crippen LogP contribution is -2.05. The first-order valence-electron chi connectivity index (χ1n) is 5.07. The standard InChI is InChI=1S/C11H16O2/c1-13-11(12)10-8-6-4-2-3-5-7-9(8)10/h2-3,8-10H,4-7H2,1H3/t8-,9+,10?. The van der Waals surface area contributed by atoms with E-state index in [2.05, 4.69) is 12.2 Å². The minimum Gasteiger partial charge on any atom is -0.469 e. The minimum atomic E-state index is 0.0110. The Balaban J connectivity index is 1.95. The van der Waals surface area contributed by atoms with Crippen LogP contribution in [0.3, 0.4) is 0 Å². The van der Waals surface area contributed by atoms with Crippen molar-refractivity contribution >= 4 is 5.97 Å². The molecule has 1 fully saturated rings. The van der Waals surface area contributed by atoms with Gasteiger partial charge in [0.05, 0.1) is 13.0 Å². The Morgan fingerprint density at radius 1 is 1.23 bits per heavy atom. The summed E-state index contributed by atoms with van der Waals surface area (Å²) < 4.78 is 4.79. The van der Waals surface area contributed by atoms with Gasteiger partial charge in [0, 0.05) is 0 Å². The molecule has 1 unspecified atom stereocenters. The summed E-state index contributed by atoms with van der Waals surface area (Å²) >= 11 is 0. The number of methoxy groups -OCH3 is 1. The Labute approximate surface area is 79.0 Å². The first kappa shape index (κ1) is 8.79. The normalized spacial score (nSPS) is 37.2. The third-order valence-corrected chi connectivity index (χ3v) is 3.30. The van der Waals surface area contributed by atoms with Gasteiger partial charge in [0.15, 0.2) is 0 Å². The van der Waals surface area contributed by atoms with Crippen molar-refractivity contribution in [3.05, 3.63) is 12.2 Å². The molecule has 72 valence electrons. The van der Waals surface area contributed by atoms with E-state index in [1.807, 2.05) is 0 Å². The van der Waals surface area contributed by atoms with E-state index in [1.54, 1.807) is 0 Å². The Bertz CT molecular complexity index is 216. The Hall–Kier alpha value is -0.790. The zero-order valence-electron chi connectivity index (χ0n) is 8.03. The Morgan fingerprint density at radius 2 is 1.77 bits per heavy atom. The second-order valence-corrected chi connectivity index (χ2v) is 4.00. The number of hydrogen-bond donors (Lipinski definition) is 0. The number of carbonyl (C=O) groups excluding carboxylic acids is 1. The smallest absolute Gasteiger partial charge is 0.309 e. The summed E-state index contributed by atoms with van der Waals surface area (Å²) in [7, 11) is 1.49. The lowest BCUT2D eigenvalue weighted by Gasteiger charge is -1.98. The van der Waals surface area contributed by atoms with Gasteiger partial charge in [-0.3, -0.25) is 4.79 Å². The van der Waals surface area contributed by atoms with E-state index in [-0.39, 0.29) is 11.9 Å². The maximum atomic E-state index is 11.3. The molecule has 2 aliphatic rings. The highest BCUT2D eigenvalue weighted by molar-refractivity contribution is 5.76. The van der Waals surface area contributed by atoms with E-state index in [4.69, 9.17) is 4.74 Å². The van der Waals surface area contributed by atoms with Gasteiger partial charge >= 0.3 is 5.97 Å². The molecule has 0 radical (unpaired) electrons. The van der Waals surface area contributed by atoms with Crippen LogP contribution < -0.4 is 0 Å². The highest BCUT2D eigenvalue weighted by atomic mass is 16.5. The molecule has 0 aromatic heterocycles. The summed E-state index contributed by atoms with van der Waals surface area (Å²) in [5, 5.41) is 0. The molecule has 0 saturated heterocycles. The number of fused-ring (bicyclic) bond motifs is 1. The van der Waals surface area contributed by atoms with Gasteiger partial charge in [-0.2, -0.15) is 0 Å². The molecular weight excluding hydrogens is 164 g/mol. The molecule has 2 rings (SSSR count). The highest BCUT2D eigenvalue weighted by Crippen LogP contribution is 2.53. The van der Waals surface area contributed by atoms with Gasteiger partial charge in [-0.05, 0) is 37.5 Å². The van der Waals surface area contributed by atoms with E-state index < -0.39 is 0 Å². The van der Waals surface area contributed by atoms with E-state index in [0.29, 0.717) is 11.8 Å². The Kier molecular flexibility index (Phi) is 2.38. The van der Waals surface area contributed by atoms with Crippen molar-refractivity contribution in [2.45, 2.75) is 25.7 Å². The molecule has 2 nitrogen and oxygen atoms in total. The maximum absolute atomic E-state index is 11.3. The van der Waals surface area contributed by atoms with Crippen molar-refractivity contribution in [2.75, 3.05) is 7.11 Å². The quantitative estimate of drug-likeness (QED) is 0.456. The maximum Gasteiger partial charge on any atom is 0.309 e.